The van der Waals surface area contributed by atoms with E-state index in [1.807, 2.05) is 32.0 Å². The number of nitrogens with zero attached hydrogens (tertiary/aromatic N) is 1. The van der Waals surface area contributed by atoms with E-state index in [1.54, 1.807) is 26.1 Å². The van der Waals surface area contributed by atoms with E-state index in [2.05, 4.69) is 0 Å². The van der Waals surface area contributed by atoms with E-state index in [-0.39, 0.29) is 24.8 Å². The van der Waals surface area contributed by atoms with E-state index < -0.39 is 11.9 Å². The molecule has 25 heavy (non-hydrogen) atoms. The molecule has 1 amide bonds. The van der Waals surface area contributed by atoms with Gasteiger partial charge in [-0.1, -0.05) is 24.6 Å². The quantitative estimate of drug-likeness (QED) is 0.833. The van der Waals surface area contributed by atoms with Crippen molar-refractivity contribution in [1.29, 1.82) is 0 Å². The predicted molar refractivity (Wildman–Crippen MR) is 92.7 cm³/mol. The maximum Gasteiger partial charge on any atom is 0.308 e. The second-order valence-corrected chi connectivity index (χ2v) is 6.25. The number of hydrogen-bond donors (Lipinski definition) is 1. The maximum atomic E-state index is 12.3. The van der Waals surface area contributed by atoms with Crippen LogP contribution < -0.4 is 4.74 Å². The number of aryl methyl sites for hydroxylation is 2. The predicted octanol–water partition coefficient (Wildman–Crippen LogP) is 3.27. The zero-order valence-corrected chi connectivity index (χ0v) is 14.9. The molecule has 2 aromatic rings. The topological polar surface area (TPSA) is 80.0 Å². The van der Waals surface area contributed by atoms with Gasteiger partial charge in [-0.25, -0.2) is 0 Å². The van der Waals surface area contributed by atoms with Crippen molar-refractivity contribution in [3.8, 4) is 5.75 Å². The molecule has 0 aliphatic heterocycles. The molecule has 0 spiro atoms. The second-order valence-electron chi connectivity index (χ2n) is 6.25. The highest BCUT2D eigenvalue weighted by atomic mass is 16.5. The van der Waals surface area contributed by atoms with Gasteiger partial charge in [0.05, 0.1) is 5.92 Å². The summed E-state index contributed by atoms with van der Waals surface area (Å²) >= 11 is 0. The van der Waals surface area contributed by atoms with Crippen LogP contribution in [0.2, 0.25) is 0 Å². The van der Waals surface area contributed by atoms with E-state index in [0.29, 0.717) is 5.76 Å². The average Bonchev–Trinajstić information content (AvgIpc) is 3.02. The van der Waals surface area contributed by atoms with Gasteiger partial charge in [-0.15, -0.1) is 0 Å². The van der Waals surface area contributed by atoms with Crippen LogP contribution in [-0.4, -0.2) is 35.5 Å². The molecule has 6 heteroatoms. The molecule has 134 valence electrons. The van der Waals surface area contributed by atoms with Gasteiger partial charge in [0.25, 0.3) is 5.91 Å². The molecule has 2 rings (SSSR count). The number of ether oxygens (including phenoxy) is 1. The number of furan rings is 1. The number of rotatable bonds is 7. The number of hydrogen-bond acceptors (Lipinski definition) is 4. The fraction of sp³-hybridized carbons (Fsp3) is 0.368. The van der Waals surface area contributed by atoms with Crippen molar-refractivity contribution in [1.82, 2.24) is 4.90 Å². The molecule has 1 aromatic carbocycles. The summed E-state index contributed by atoms with van der Waals surface area (Å²) in [4.78, 5) is 24.5. The van der Waals surface area contributed by atoms with Crippen LogP contribution in [0.25, 0.3) is 0 Å². The molecule has 6 nitrogen and oxygen atoms in total. The van der Waals surface area contributed by atoms with Gasteiger partial charge in [-0.3, -0.25) is 9.59 Å². The van der Waals surface area contributed by atoms with Crippen LogP contribution in [0.3, 0.4) is 0 Å². The summed E-state index contributed by atoms with van der Waals surface area (Å²) < 4.78 is 11.3. The lowest BCUT2D eigenvalue weighted by Crippen LogP contribution is -2.33. The molecule has 0 aliphatic rings. The summed E-state index contributed by atoms with van der Waals surface area (Å²) in [5, 5.41) is 8.93. The van der Waals surface area contributed by atoms with E-state index in [9.17, 15) is 9.59 Å². The zero-order valence-electron chi connectivity index (χ0n) is 14.9. The van der Waals surface area contributed by atoms with Gasteiger partial charge >= 0.3 is 5.97 Å². The molecule has 1 heterocycles. The van der Waals surface area contributed by atoms with Gasteiger partial charge in [0.1, 0.15) is 18.1 Å². The largest absolute Gasteiger partial charge is 0.485 e. The van der Waals surface area contributed by atoms with Crippen molar-refractivity contribution in [3.63, 3.8) is 0 Å². The average molecular weight is 345 g/mol. The Kier molecular flexibility index (Phi) is 5.85. The van der Waals surface area contributed by atoms with Gasteiger partial charge in [-0.05, 0) is 37.6 Å². The van der Waals surface area contributed by atoms with Crippen molar-refractivity contribution >= 4 is 11.9 Å². The highest BCUT2D eigenvalue weighted by Crippen LogP contribution is 2.21. The van der Waals surface area contributed by atoms with Gasteiger partial charge in [0.15, 0.2) is 5.76 Å². The van der Waals surface area contributed by atoms with Crippen LogP contribution in [0.15, 0.2) is 34.7 Å². The van der Waals surface area contributed by atoms with E-state index >= 15 is 0 Å². The molecule has 1 atom stereocenters. The third-order valence-electron chi connectivity index (χ3n) is 3.89. The van der Waals surface area contributed by atoms with E-state index in [0.717, 1.165) is 16.9 Å². The smallest absolute Gasteiger partial charge is 0.308 e. The van der Waals surface area contributed by atoms with Crippen LogP contribution in [0.4, 0.5) is 0 Å². The minimum atomic E-state index is -0.943. The Bertz CT molecular complexity index is 765. The summed E-state index contributed by atoms with van der Waals surface area (Å²) in [5.74, 6) is -0.478. The van der Waals surface area contributed by atoms with Crippen LogP contribution in [0, 0.1) is 19.8 Å². The monoisotopic (exact) mass is 345 g/mol. The van der Waals surface area contributed by atoms with Gasteiger partial charge in [0, 0.05) is 13.6 Å². The van der Waals surface area contributed by atoms with E-state index in [1.165, 1.54) is 4.90 Å². The molecule has 1 N–H and O–H groups in total. The molecule has 0 fully saturated rings. The van der Waals surface area contributed by atoms with Gasteiger partial charge < -0.3 is 19.2 Å². The standard InChI is InChI=1S/C19H23NO5/c1-12-5-7-16(13(2)9-12)24-11-15-6-8-17(25-15)18(21)20(4)10-14(3)19(22)23/h5-9,14H,10-11H2,1-4H3,(H,22,23). The fourth-order valence-corrected chi connectivity index (χ4v) is 2.44. The summed E-state index contributed by atoms with van der Waals surface area (Å²) in [6, 6.07) is 9.17. The summed E-state index contributed by atoms with van der Waals surface area (Å²) in [7, 11) is 1.55. The Morgan fingerprint density at radius 1 is 1.24 bits per heavy atom. The Morgan fingerprint density at radius 3 is 2.60 bits per heavy atom. The molecule has 0 saturated carbocycles. The minimum absolute atomic E-state index is 0.114. The molecule has 1 aromatic heterocycles. The van der Waals surface area contributed by atoms with Crippen LogP contribution >= 0.6 is 0 Å². The third kappa shape index (κ3) is 4.86. The van der Waals surface area contributed by atoms with Crippen molar-refractivity contribution in [2.75, 3.05) is 13.6 Å². The first kappa shape index (κ1) is 18.6. The first-order chi connectivity index (χ1) is 11.8. The maximum absolute atomic E-state index is 12.3. The van der Waals surface area contributed by atoms with Gasteiger partial charge in [-0.2, -0.15) is 0 Å². The number of carbonyl (C=O) groups is 2. The molecule has 1 unspecified atom stereocenters. The highest BCUT2D eigenvalue weighted by Gasteiger charge is 2.21. The Balaban J connectivity index is 1.97. The zero-order chi connectivity index (χ0) is 18.6. The van der Waals surface area contributed by atoms with Crippen LogP contribution in [-0.2, 0) is 11.4 Å². The molecule has 0 bridgehead atoms. The Labute approximate surface area is 147 Å². The number of amides is 1. The summed E-state index contributed by atoms with van der Waals surface area (Å²) in [6.07, 6.45) is 0. The first-order valence-electron chi connectivity index (χ1n) is 8.05. The molecule has 0 aliphatic carbocycles. The lowest BCUT2D eigenvalue weighted by molar-refractivity contribution is -0.141. The SMILES string of the molecule is Cc1ccc(OCc2ccc(C(=O)N(C)CC(C)C(=O)O)o2)c(C)c1. The van der Waals surface area contributed by atoms with E-state index in [4.69, 9.17) is 14.3 Å². The third-order valence-corrected chi connectivity index (χ3v) is 3.89. The second kappa shape index (κ2) is 7.88. The normalized spacial score (nSPS) is 11.8. The first-order valence-corrected chi connectivity index (χ1v) is 8.05. The van der Waals surface area contributed by atoms with Crippen LogP contribution in [0.1, 0.15) is 34.4 Å². The fourth-order valence-electron chi connectivity index (χ4n) is 2.44. The number of carboxylic acid groups (broad SMARTS) is 1. The molecule has 0 radical (unpaired) electrons. The molecular weight excluding hydrogens is 322 g/mol. The number of carboxylic acids is 1. The van der Waals surface area contributed by atoms with Crippen molar-refractivity contribution in [3.05, 3.63) is 53.0 Å². The summed E-state index contributed by atoms with van der Waals surface area (Å²) in [5.41, 5.74) is 2.19. The number of carbonyl (C=O) groups excluding carboxylic acids is 1. The number of aliphatic carboxylic acids is 1. The Morgan fingerprint density at radius 2 is 1.96 bits per heavy atom. The van der Waals surface area contributed by atoms with Crippen LogP contribution in [0.5, 0.6) is 5.75 Å². The van der Waals surface area contributed by atoms with Crippen molar-refractivity contribution < 1.29 is 23.8 Å². The van der Waals surface area contributed by atoms with Crippen molar-refractivity contribution in [2.45, 2.75) is 27.4 Å². The van der Waals surface area contributed by atoms with Crippen molar-refractivity contribution in [2.24, 2.45) is 5.92 Å². The molecule has 0 saturated heterocycles. The lowest BCUT2D eigenvalue weighted by Gasteiger charge is -2.18. The minimum Gasteiger partial charge on any atom is -0.485 e. The number of benzene rings is 1. The molecular formula is C19H23NO5. The Hall–Kier alpha value is -2.76. The lowest BCUT2D eigenvalue weighted by atomic mass is 10.1. The van der Waals surface area contributed by atoms with Gasteiger partial charge in [0.2, 0.25) is 0 Å². The summed E-state index contributed by atoms with van der Waals surface area (Å²) in [6.45, 7) is 5.87. The highest BCUT2D eigenvalue weighted by molar-refractivity contribution is 5.91.